The molecule has 4 rings (SSSR count). The average Bonchev–Trinajstić information content (AvgIpc) is 3.19. The zero-order valence-electron chi connectivity index (χ0n) is 13.8. The van der Waals surface area contributed by atoms with Gasteiger partial charge in [-0.2, -0.15) is 0 Å². The van der Waals surface area contributed by atoms with E-state index in [9.17, 15) is 14.4 Å². The second-order valence-corrected chi connectivity index (χ2v) is 6.45. The molecule has 1 aliphatic heterocycles. The van der Waals surface area contributed by atoms with Crippen LogP contribution in [-0.4, -0.2) is 28.7 Å². The van der Waals surface area contributed by atoms with Gasteiger partial charge >= 0.3 is 0 Å². The lowest BCUT2D eigenvalue weighted by molar-refractivity contribution is -0.125. The third-order valence-corrected chi connectivity index (χ3v) is 4.96. The number of hydrogen-bond donors (Lipinski definition) is 1. The Morgan fingerprint density at radius 1 is 1.20 bits per heavy atom. The lowest BCUT2D eigenvalue weighted by atomic mass is 9.93. The van der Waals surface area contributed by atoms with Crippen molar-refractivity contribution in [3.63, 3.8) is 0 Å². The fourth-order valence-electron chi connectivity index (χ4n) is 3.61. The molecule has 6 nitrogen and oxygen atoms in total. The molecule has 0 saturated heterocycles. The second kappa shape index (κ2) is 5.88. The monoisotopic (exact) mass is 338 g/mol. The first-order chi connectivity index (χ1) is 12.1. The van der Waals surface area contributed by atoms with Crippen molar-refractivity contribution in [3.8, 4) is 0 Å². The van der Waals surface area contributed by atoms with Crippen LogP contribution < -0.4 is 5.32 Å². The summed E-state index contributed by atoms with van der Waals surface area (Å²) in [5, 5.41) is 2.96. The molecule has 0 bridgehead atoms. The highest BCUT2D eigenvalue weighted by Crippen LogP contribution is 2.31. The number of carbonyl (C=O) groups excluding carboxylic acids is 3. The van der Waals surface area contributed by atoms with E-state index in [2.05, 4.69) is 5.32 Å². The largest absolute Gasteiger partial charge is 0.469 e. The number of nitrogens with one attached hydrogen (secondary N) is 1. The number of fused-ring (bicyclic) bond motifs is 2. The maximum atomic E-state index is 12.7. The van der Waals surface area contributed by atoms with Crippen LogP contribution in [0.25, 0.3) is 0 Å². The first kappa shape index (κ1) is 15.6. The van der Waals surface area contributed by atoms with Gasteiger partial charge in [0, 0.05) is 12.0 Å². The molecule has 2 atom stereocenters. The van der Waals surface area contributed by atoms with Crippen molar-refractivity contribution >= 4 is 17.7 Å². The van der Waals surface area contributed by atoms with Crippen LogP contribution in [0.4, 0.5) is 0 Å². The molecule has 2 heterocycles. The highest BCUT2D eigenvalue weighted by molar-refractivity contribution is 6.22. The van der Waals surface area contributed by atoms with E-state index in [1.807, 2.05) is 6.07 Å². The molecule has 6 heteroatoms. The van der Waals surface area contributed by atoms with Crippen molar-refractivity contribution in [2.45, 2.75) is 38.3 Å². The number of aryl methyl sites for hydroxylation is 1. The molecule has 2 aromatic rings. The van der Waals surface area contributed by atoms with Crippen molar-refractivity contribution in [2.24, 2.45) is 0 Å². The van der Waals surface area contributed by atoms with Crippen molar-refractivity contribution in [2.75, 3.05) is 0 Å². The molecule has 0 unspecified atom stereocenters. The van der Waals surface area contributed by atoms with Crippen LogP contribution in [0.3, 0.4) is 0 Å². The molecule has 2 aliphatic rings. The van der Waals surface area contributed by atoms with E-state index in [0.717, 1.165) is 35.5 Å². The van der Waals surface area contributed by atoms with Crippen LogP contribution in [0, 0.1) is 0 Å². The zero-order chi connectivity index (χ0) is 17.6. The Labute approximate surface area is 144 Å². The summed E-state index contributed by atoms with van der Waals surface area (Å²) in [6.07, 6.45) is 4.23. The first-order valence-corrected chi connectivity index (χ1v) is 8.41. The summed E-state index contributed by atoms with van der Waals surface area (Å²) >= 11 is 0. The van der Waals surface area contributed by atoms with E-state index in [0.29, 0.717) is 11.1 Å². The quantitative estimate of drug-likeness (QED) is 0.872. The minimum Gasteiger partial charge on any atom is -0.469 e. The van der Waals surface area contributed by atoms with Crippen molar-refractivity contribution in [3.05, 3.63) is 59.0 Å². The summed E-state index contributed by atoms with van der Waals surface area (Å²) in [5.74, 6) is -0.287. The molecule has 3 amide bonds. The number of amides is 3. The van der Waals surface area contributed by atoms with E-state index in [1.165, 1.54) is 0 Å². The van der Waals surface area contributed by atoms with Crippen molar-refractivity contribution in [1.29, 1.82) is 0 Å². The number of nitrogens with zero attached hydrogens (tertiary/aromatic N) is 1. The van der Waals surface area contributed by atoms with Gasteiger partial charge in [0.25, 0.3) is 11.8 Å². The molecule has 1 N–H and O–H groups in total. The maximum absolute atomic E-state index is 12.7. The number of hydrogen-bond acceptors (Lipinski definition) is 4. The standard InChI is InChI=1S/C19H18N2O4/c1-11(21-18(23)12-5-2-3-6-13(12)19(21)24)17(22)20-15-7-4-8-16-14(15)9-10-25-16/h2-3,5-6,9-11,15H,4,7-8H2,1H3,(H,20,22)/t11-,15+/m0/s1. The Kier molecular flexibility index (Phi) is 3.67. The van der Waals surface area contributed by atoms with Crippen LogP contribution in [0.1, 0.15) is 57.8 Å². The summed E-state index contributed by atoms with van der Waals surface area (Å²) in [6, 6.07) is 7.49. The predicted octanol–water partition coefficient (Wildman–Crippen LogP) is 2.46. The minimum absolute atomic E-state index is 0.146. The Morgan fingerprint density at radius 2 is 1.88 bits per heavy atom. The van der Waals surface area contributed by atoms with E-state index < -0.39 is 17.9 Å². The van der Waals surface area contributed by atoms with Gasteiger partial charge in [0.2, 0.25) is 5.91 Å². The maximum Gasteiger partial charge on any atom is 0.262 e. The second-order valence-electron chi connectivity index (χ2n) is 6.45. The molecule has 25 heavy (non-hydrogen) atoms. The molecule has 128 valence electrons. The number of rotatable bonds is 3. The van der Waals surface area contributed by atoms with Gasteiger partial charge in [-0.05, 0) is 38.0 Å². The van der Waals surface area contributed by atoms with Gasteiger partial charge in [-0.1, -0.05) is 12.1 Å². The van der Waals surface area contributed by atoms with Crippen LogP contribution in [-0.2, 0) is 11.2 Å². The van der Waals surface area contributed by atoms with Gasteiger partial charge in [-0.25, -0.2) is 0 Å². The molecule has 1 aromatic carbocycles. The van der Waals surface area contributed by atoms with Gasteiger partial charge in [0.15, 0.2) is 0 Å². The topological polar surface area (TPSA) is 79.6 Å². The lowest BCUT2D eigenvalue weighted by Crippen LogP contribution is -2.48. The first-order valence-electron chi connectivity index (χ1n) is 8.41. The molecule has 1 aliphatic carbocycles. The minimum atomic E-state index is -0.871. The number of imide groups is 1. The fraction of sp³-hybridized carbons (Fsp3) is 0.316. The summed E-state index contributed by atoms with van der Waals surface area (Å²) in [6.45, 7) is 1.58. The number of benzene rings is 1. The van der Waals surface area contributed by atoms with E-state index >= 15 is 0 Å². The van der Waals surface area contributed by atoms with Gasteiger partial charge < -0.3 is 9.73 Å². The van der Waals surface area contributed by atoms with Crippen LogP contribution in [0.5, 0.6) is 0 Å². The lowest BCUT2D eigenvalue weighted by Gasteiger charge is -2.27. The smallest absolute Gasteiger partial charge is 0.262 e. The third kappa shape index (κ3) is 2.45. The SMILES string of the molecule is C[C@@H](C(=O)N[C@@H]1CCCc2occc21)N1C(=O)c2ccccc2C1=O. The summed E-state index contributed by atoms with van der Waals surface area (Å²) in [5.41, 5.74) is 1.68. The van der Waals surface area contributed by atoms with E-state index in [-0.39, 0.29) is 11.9 Å². The molecular weight excluding hydrogens is 320 g/mol. The average molecular weight is 338 g/mol. The molecule has 1 aromatic heterocycles. The van der Waals surface area contributed by atoms with Gasteiger partial charge in [0.1, 0.15) is 11.8 Å². The van der Waals surface area contributed by atoms with E-state index in [1.54, 1.807) is 37.5 Å². The number of furan rings is 1. The summed E-state index contributed by atoms with van der Waals surface area (Å²) in [4.78, 5) is 38.7. The van der Waals surface area contributed by atoms with Crippen LogP contribution >= 0.6 is 0 Å². The van der Waals surface area contributed by atoms with Gasteiger partial charge in [0.05, 0.1) is 23.4 Å². The Morgan fingerprint density at radius 3 is 2.56 bits per heavy atom. The molecule has 0 radical (unpaired) electrons. The number of carbonyl (C=O) groups is 3. The van der Waals surface area contributed by atoms with E-state index in [4.69, 9.17) is 4.42 Å². The Hall–Kier alpha value is -2.89. The third-order valence-electron chi connectivity index (χ3n) is 4.96. The zero-order valence-corrected chi connectivity index (χ0v) is 13.8. The van der Waals surface area contributed by atoms with Crippen LogP contribution in [0.2, 0.25) is 0 Å². The van der Waals surface area contributed by atoms with Crippen molar-refractivity contribution < 1.29 is 18.8 Å². The Balaban J connectivity index is 1.53. The Bertz CT molecular complexity index is 835. The van der Waals surface area contributed by atoms with Gasteiger partial charge in [-0.15, -0.1) is 0 Å². The van der Waals surface area contributed by atoms with Gasteiger partial charge in [-0.3, -0.25) is 19.3 Å². The van der Waals surface area contributed by atoms with Crippen molar-refractivity contribution in [1.82, 2.24) is 10.2 Å². The molecule has 0 fully saturated rings. The highest BCUT2D eigenvalue weighted by Gasteiger charge is 2.41. The normalized spacial score (nSPS) is 20.2. The molecule has 0 spiro atoms. The van der Waals surface area contributed by atoms with Crippen LogP contribution in [0.15, 0.2) is 41.0 Å². The predicted molar refractivity (Wildman–Crippen MR) is 88.9 cm³/mol. The molecule has 0 saturated carbocycles. The highest BCUT2D eigenvalue weighted by atomic mass is 16.3. The summed E-state index contributed by atoms with van der Waals surface area (Å²) in [7, 11) is 0. The summed E-state index contributed by atoms with van der Waals surface area (Å²) < 4.78 is 5.43. The molecular formula is C19H18N2O4. The fourth-order valence-corrected chi connectivity index (χ4v) is 3.61.